The Kier molecular flexibility index (Phi) is 5.48. The van der Waals surface area contributed by atoms with Gasteiger partial charge in [-0.1, -0.05) is 19.8 Å². The van der Waals surface area contributed by atoms with Gasteiger partial charge in [0, 0.05) is 26.2 Å². The molecule has 1 aliphatic heterocycles. The Labute approximate surface area is 122 Å². The third-order valence-corrected chi connectivity index (χ3v) is 4.12. The van der Waals surface area contributed by atoms with Gasteiger partial charge in [-0.2, -0.15) is 0 Å². The molecule has 0 bridgehead atoms. The number of aromatic nitrogens is 4. The van der Waals surface area contributed by atoms with Crippen LogP contribution in [0.1, 0.15) is 57.9 Å². The fourth-order valence-electron chi connectivity index (χ4n) is 2.79. The number of unbranched alkanes of at least 4 members (excludes halogenated alkanes) is 1. The van der Waals surface area contributed by atoms with Crippen molar-refractivity contribution in [1.82, 2.24) is 30.0 Å². The molecule has 6 heteroatoms. The van der Waals surface area contributed by atoms with E-state index in [1.807, 2.05) is 4.68 Å². The van der Waals surface area contributed by atoms with Crippen molar-refractivity contribution in [2.45, 2.75) is 52.1 Å². The van der Waals surface area contributed by atoms with Gasteiger partial charge in [0.2, 0.25) is 0 Å². The Morgan fingerprint density at radius 3 is 2.45 bits per heavy atom. The van der Waals surface area contributed by atoms with Crippen LogP contribution in [-0.2, 0) is 0 Å². The first-order valence-electron chi connectivity index (χ1n) is 7.83. The normalized spacial score (nSPS) is 19.6. The van der Waals surface area contributed by atoms with E-state index in [2.05, 4.69) is 53.1 Å². The smallest absolute Gasteiger partial charge is 0.168 e. The largest absolute Gasteiger partial charge is 0.304 e. The molecular weight excluding hydrogens is 252 g/mol. The third kappa shape index (κ3) is 3.55. The van der Waals surface area contributed by atoms with Gasteiger partial charge in [-0.05, 0) is 37.7 Å². The van der Waals surface area contributed by atoms with Crippen molar-refractivity contribution in [3.63, 3.8) is 0 Å². The zero-order chi connectivity index (χ0) is 14.5. The third-order valence-electron chi connectivity index (χ3n) is 4.12. The lowest BCUT2D eigenvalue weighted by atomic mass is 10.1. The van der Waals surface area contributed by atoms with Crippen molar-refractivity contribution in [2.24, 2.45) is 0 Å². The summed E-state index contributed by atoms with van der Waals surface area (Å²) in [5, 5.41) is 12.4. The van der Waals surface area contributed by atoms with Crippen LogP contribution in [0.5, 0.6) is 0 Å². The van der Waals surface area contributed by atoms with E-state index in [0.29, 0.717) is 12.1 Å². The average molecular weight is 280 g/mol. The predicted octanol–water partition coefficient (Wildman–Crippen LogP) is 1.73. The second-order valence-corrected chi connectivity index (χ2v) is 6.07. The number of tetrazole rings is 1. The number of rotatable bonds is 6. The van der Waals surface area contributed by atoms with Crippen molar-refractivity contribution >= 4 is 0 Å². The van der Waals surface area contributed by atoms with Crippen molar-refractivity contribution in [3.8, 4) is 0 Å². The van der Waals surface area contributed by atoms with Gasteiger partial charge in [0.25, 0.3) is 0 Å². The van der Waals surface area contributed by atoms with E-state index >= 15 is 0 Å². The molecule has 1 saturated heterocycles. The highest BCUT2D eigenvalue weighted by Gasteiger charge is 2.28. The van der Waals surface area contributed by atoms with Crippen molar-refractivity contribution < 1.29 is 0 Å². The molecule has 0 aromatic carbocycles. The Balaban J connectivity index is 2.16. The van der Waals surface area contributed by atoms with E-state index in [-0.39, 0.29) is 0 Å². The molecule has 0 radical (unpaired) electrons. The Morgan fingerprint density at radius 2 is 1.85 bits per heavy atom. The fourth-order valence-corrected chi connectivity index (χ4v) is 2.79. The lowest BCUT2D eigenvalue weighted by molar-refractivity contribution is 0.0979. The Morgan fingerprint density at radius 1 is 1.15 bits per heavy atom. The average Bonchev–Trinajstić information content (AvgIpc) is 2.90. The highest BCUT2D eigenvalue weighted by atomic mass is 15.6. The minimum atomic E-state index is 0.316. The van der Waals surface area contributed by atoms with Gasteiger partial charge >= 0.3 is 0 Å². The zero-order valence-corrected chi connectivity index (χ0v) is 13.3. The maximum Gasteiger partial charge on any atom is 0.168 e. The number of hydrogen-bond donors (Lipinski definition) is 0. The molecule has 1 aromatic rings. The lowest BCUT2D eigenvalue weighted by Gasteiger charge is -2.37. The molecular formula is C14H28N6. The van der Waals surface area contributed by atoms with Crippen molar-refractivity contribution in [1.29, 1.82) is 0 Å². The van der Waals surface area contributed by atoms with Crippen LogP contribution in [0.3, 0.4) is 0 Å². The van der Waals surface area contributed by atoms with Crippen LogP contribution in [-0.4, -0.2) is 63.2 Å². The van der Waals surface area contributed by atoms with Gasteiger partial charge in [-0.25, -0.2) is 4.68 Å². The van der Waals surface area contributed by atoms with E-state index in [1.54, 1.807) is 0 Å². The highest BCUT2D eigenvalue weighted by Crippen LogP contribution is 2.26. The number of piperazine rings is 1. The molecule has 6 nitrogen and oxygen atoms in total. The second kappa shape index (κ2) is 7.13. The number of nitrogens with zero attached hydrogens (tertiary/aromatic N) is 6. The summed E-state index contributed by atoms with van der Waals surface area (Å²) in [4.78, 5) is 4.94. The molecule has 114 valence electrons. The molecule has 2 heterocycles. The summed E-state index contributed by atoms with van der Waals surface area (Å²) < 4.78 is 1.98. The van der Waals surface area contributed by atoms with E-state index in [1.165, 1.54) is 12.8 Å². The molecule has 20 heavy (non-hydrogen) atoms. The Hall–Kier alpha value is -1.01. The monoisotopic (exact) mass is 280 g/mol. The molecule has 1 atom stereocenters. The maximum absolute atomic E-state index is 4.33. The van der Waals surface area contributed by atoms with Crippen LogP contribution in [0.4, 0.5) is 0 Å². The molecule has 0 aliphatic carbocycles. The van der Waals surface area contributed by atoms with Crippen molar-refractivity contribution in [3.05, 3.63) is 5.82 Å². The summed E-state index contributed by atoms with van der Waals surface area (Å²) in [5.74, 6) is 1.04. The molecule has 1 fully saturated rings. The minimum absolute atomic E-state index is 0.316. The van der Waals surface area contributed by atoms with Gasteiger partial charge in [-0.15, -0.1) is 5.10 Å². The first-order valence-corrected chi connectivity index (χ1v) is 7.83. The van der Waals surface area contributed by atoms with Crippen LogP contribution in [0.15, 0.2) is 0 Å². The maximum atomic E-state index is 4.33. The van der Waals surface area contributed by atoms with Crippen LogP contribution in [0, 0.1) is 0 Å². The van der Waals surface area contributed by atoms with E-state index in [0.717, 1.165) is 38.4 Å². The summed E-state index contributed by atoms with van der Waals surface area (Å²) in [7, 11) is 2.19. The second-order valence-electron chi connectivity index (χ2n) is 6.07. The molecule has 2 rings (SSSR count). The molecule has 1 unspecified atom stereocenters. The quantitative estimate of drug-likeness (QED) is 0.794. The lowest BCUT2D eigenvalue weighted by Crippen LogP contribution is -2.46. The molecule has 0 saturated carbocycles. The first kappa shape index (κ1) is 15.4. The Bertz CT molecular complexity index is 394. The van der Waals surface area contributed by atoms with E-state index in [4.69, 9.17) is 0 Å². The van der Waals surface area contributed by atoms with Crippen LogP contribution < -0.4 is 0 Å². The van der Waals surface area contributed by atoms with Crippen LogP contribution in [0.2, 0.25) is 0 Å². The van der Waals surface area contributed by atoms with Gasteiger partial charge in [0.1, 0.15) is 0 Å². The van der Waals surface area contributed by atoms with E-state index in [9.17, 15) is 0 Å². The molecule has 0 spiro atoms. The van der Waals surface area contributed by atoms with Crippen LogP contribution >= 0.6 is 0 Å². The van der Waals surface area contributed by atoms with Gasteiger partial charge in [0.15, 0.2) is 5.82 Å². The minimum Gasteiger partial charge on any atom is -0.304 e. The first-order chi connectivity index (χ1) is 9.63. The van der Waals surface area contributed by atoms with E-state index < -0.39 is 0 Å². The number of likely N-dealkylation sites (N-methyl/N-ethyl adjacent to an activating group) is 1. The van der Waals surface area contributed by atoms with Gasteiger partial charge < -0.3 is 4.90 Å². The van der Waals surface area contributed by atoms with Gasteiger partial charge in [-0.3, -0.25) is 4.90 Å². The SMILES string of the molecule is CCCCC(c1nnnn1C(C)C)N1CCN(C)CC1. The molecule has 0 N–H and O–H groups in total. The van der Waals surface area contributed by atoms with Crippen LogP contribution in [0.25, 0.3) is 0 Å². The summed E-state index contributed by atoms with van der Waals surface area (Å²) >= 11 is 0. The summed E-state index contributed by atoms with van der Waals surface area (Å²) in [6, 6.07) is 0.678. The summed E-state index contributed by atoms with van der Waals surface area (Å²) in [5.41, 5.74) is 0. The fraction of sp³-hybridized carbons (Fsp3) is 0.929. The van der Waals surface area contributed by atoms with Gasteiger partial charge in [0.05, 0.1) is 12.1 Å². The molecule has 1 aliphatic rings. The molecule has 1 aromatic heterocycles. The topological polar surface area (TPSA) is 50.1 Å². The number of hydrogen-bond acceptors (Lipinski definition) is 5. The molecule has 0 amide bonds. The standard InChI is InChI=1S/C14H28N6/c1-5-6-7-13(19-10-8-18(4)9-11-19)14-15-16-17-20(14)12(2)3/h12-13H,5-11H2,1-4H3. The predicted molar refractivity (Wildman–Crippen MR) is 79.5 cm³/mol. The zero-order valence-electron chi connectivity index (χ0n) is 13.3. The summed E-state index contributed by atoms with van der Waals surface area (Å²) in [6.07, 6.45) is 3.59. The summed E-state index contributed by atoms with van der Waals surface area (Å²) in [6.45, 7) is 11.0. The van der Waals surface area contributed by atoms with Crippen molar-refractivity contribution in [2.75, 3.05) is 33.2 Å². The highest BCUT2D eigenvalue weighted by molar-refractivity contribution is 4.96.